The second-order valence-electron chi connectivity index (χ2n) is 9.16. The van der Waals surface area contributed by atoms with Crippen LogP contribution in [0.5, 0.6) is 5.75 Å². The fourth-order valence-electron chi connectivity index (χ4n) is 5.44. The molecule has 2 amide bonds. The van der Waals surface area contributed by atoms with Crippen LogP contribution in [0, 0.1) is 17.7 Å². The van der Waals surface area contributed by atoms with E-state index < -0.39 is 17.9 Å². The maximum Gasteiger partial charge on any atom is 0.226 e. The van der Waals surface area contributed by atoms with Crippen LogP contribution in [0.2, 0.25) is 0 Å². The Morgan fingerprint density at radius 3 is 2.76 bits per heavy atom. The lowest BCUT2D eigenvalue weighted by Crippen LogP contribution is -2.49. The van der Waals surface area contributed by atoms with Crippen molar-refractivity contribution in [3.8, 4) is 5.75 Å². The largest absolute Gasteiger partial charge is 0.494 e. The van der Waals surface area contributed by atoms with E-state index in [2.05, 4.69) is 10.3 Å². The molecule has 0 spiro atoms. The highest BCUT2D eigenvalue weighted by Gasteiger charge is 2.40. The molecule has 1 aromatic carbocycles. The number of methoxy groups -OCH3 is 1. The number of hydrogen-bond acceptors (Lipinski definition) is 5. The van der Waals surface area contributed by atoms with Crippen LogP contribution >= 0.6 is 0 Å². The number of aromatic amines is 1. The van der Waals surface area contributed by atoms with Crippen LogP contribution < -0.4 is 10.1 Å². The highest BCUT2D eigenvalue weighted by Crippen LogP contribution is 2.36. The first-order valence-electron chi connectivity index (χ1n) is 11.5. The quantitative estimate of drug-likeness (QED) is 0.732. The van der Waals surface area contributed by atoms with Gasteiger partial charge in [0.2, 0.25) is 11.8 Å². The molecule has 1 saturated carbocycles. The van der Waals surface area contributed by atoms with Gasteiger partial charge in [0.25, 0.3) is 0 Å². The SMILES string of the molecule is COc1cc(F)cc2c3c([nH]c12)CCN(C(=O)[C@@H]1CCCC[C@H]1C(=O)NC1COCC1=O)C3. The van der Waals surface area contributed by atoms with Crippen LogP contribution in [0.3, 0.4) is 0 Å². The zero-order valence-electron chi connectivity index (χ0n) is 18.6. The van der Waals surface area contributed by atoms with Crippen LogP contribution in [0.15, 0.2) is 12.1 Å². The summed E-state index contributed by atoms with van der Waals surface area (Å²) >= 11 is 0. The molecule has 5 rings (SSSR count). The predicted octanol–water partition coefficient (Wildman–Crippen LogP) is 2.09. The number of amides is 2. The van der Waals surface area contributed by atoms with E-state index in [0.717, 1.165) is 35.0 Å². The molecule has 8 nitrogen and oxygen atoms in total. The monoisotopic (exact) mass is 457 g/mol. The Morgan fingerprint density at radius 2 is 2.03 bits per heavy atom. The van der Waals surface area contributed by atoms with Gasteiger partial charge >= 0.3 is 0 Å². The Kier molecular flexibility index (Phi) is 5.82. The summed E-state index contributed by atoms with van der Waals surface area (Å²) in [6.07, 6.45) is 3.66. The van der Waals surface area contributed by atoms with Gasteiger partial charge in [0.15, 0.2) is 5.78 Å². The van der Waals surface area contributed by atoms with Gasteiger partial charge in [-0.15, -0.1) is 0 Å². The highest BCUT2D eigenvalue weighted by molar-refractivity contribution is 5.94. The van der Waals surface area contributed by atoms with Crippen molar-refractivity contribution in [1.29, 1.82) is 0 Å². The second kappa shape index (κ2) is 8.78. The second-order valence-corrected chi connectivity index (χ2v) is 9.16. The van der Waals surface area contributed by atoms with E-state index in [4.69, 9.17) is 9.47 Å². The van der Waals surface area contributed by atoms with Crippen LogP contribution in [-0.4, -0.2) is 60.4 Å². The Morgan fingerprint density at radius 1 is 1.24 bits per heavy atom. The summed E-state index contributed by atoms with van der Waals surface area (Å²) in [6.45, 7) is 1.10. The van der Waals surface area contributed by atoms with Crippen molar-refractivity contribution in [2.24, 2.45) is 11.8 Å². The lowest BCUT2D eigenvalue weighted by molar-refractivity contribution is -0.144. The summed E-state index contributed by atoms with van der Waals surface area (Å²) in [6, 6.07) is 2.20. The zero-order chi connectivity index (χ0) is 23.1. The number of fused-ring (bicyclic) bond motifs is 3. The number of nitrogens with zero attached hydrogens (tertiary/aromatic N) is 1. The lowest BCUT2D eigenvalue weighted by atomic mass is 9.77. The fourth-order valence-corrected chi connectivity index (χ4v) is 5.44. The molecule has 2 aromatic rings. The number of hydrogen-bond donors (Lipinski definition) is 2. The minimum Gasteiger partial charge on any atom is -0.494 e. The number of benzene rings is 1. The topological polar surface area (TPSA) is 101 Å². The van der Waals surface area contributed by atoms with Crippen molar-refractivity contribution in [3.05, 3.63) is 29.2 Å². The number of nitrogens with one attached hydrogen (secondary N) is 2. The minimum absolute atomic E-state index is 0.0179. The molecular formula is C24H28FN3O5. The van der Waals surface area contributed by atoms with Crippen LogP contribution in [0.4, 0.5) is 4.39 Å². The van der Waals surface area contributed by atoms with E-state index in [-0.39, 0.29) is 36.6 Å². The van der Waals surface area contributed by atoms with Crippen molar-refractivity contribution in [3.63, 3.8) is 0 Å². The lowest BCUT2D eigenvalue weighted by Gasteiger charge is -2.36. The number of ketones is 1. The van der Waals surface area contributed by atoms with Gasteiger partial charge in [0, 0.05) is 54.1 Å². The molecule has 1 aromatic heterocycles. The normalized spacial score (nSPS) is 25.2. The molecule has 3 aliphatic rings. The van der Waals surface area contributed by atoms with E-state index in [0.29, 0.717) is 38.1 Å². The third kappa shape index (κ3) is 3.99. The Hall–Kier alpha value is -2.94. The first kappa shape index (κ1) is 21.9. The molecular weight excluding hydrogens is 429 g/mol. The van der Waals surface area contributed by atoms with Gasteiger partial charge in [-0.2, -0.15) is 0 Å². The van der Waals surface area contributed by atoms with E-state index in [1.807, 2.05) is 0 Å². The fraction of sp³-hybridized carbons (Fsp3) is 0.542. The van der Waals surface area contributed by atoms with Gasteiger partial charge in [-0.05, 0) is 18.9 Å². The van der Waals surface area contributed by atoms with Gasteiger partial charge in [-0.1, -0.05) is 12.8 Å². The summed E-state index contributed by atoms with van der Waals surface area (Å²) in [5.41, 5.74) is 2.61. The Balaban J connectivity index is 1.36. The van der Waals surface area contributed by atoms with E-state index in [9.17, 15) is 18.8 Å². The summed E-state index contributed by atoms with van der Waals surface area (Å²) in [4.78, 5) is 43.6. The number of carbonyl (C=O) groups excluding carboxylic acids is 3. The van der Waals surface area contributed by atoms with Crippen molar-refractivity contribution in [2.45, 2.75) is 44.7 Å². The average molecular weight is 458 g/mol. The van der Waals surface area contributed by atoms with E-state index in [1.54, 1.807) is 4.90 Å². The smallest absolute Gasteiger partial charge is 0.226 e. The van der Waals surface area contributed by atoms with Gasteiger partial charge in [0.1, 0.15) is 24.2 Å². The maximum atomic E-state index is 14.2. The van der Waals surface area contributed by atoms with E-state index in [1.165, 1.54) is 19.2 Å². The van der Waals surface area contributed by atoms with E-state index >= 15 is 0 Å². The number of ether oxygens (including phenoxy) is 2. The minimum atomic E-state index is -0.621. The first-order valence-corrected chi connectivity index (χ1v) is 11.5. The molecule has 3 atom stereocenters. The molecule has 0 bridgehead atoms. The number of rotatable bonds is 4. The van der Waals surface area contributed by atoms with Gasteiger partial charge in [-0.3, -0.25) is 14.4 Å². The molecule has 2 aliphatic heterocycles. The van der Waals surface area contributed by atoms with Gasteiger partial charge in [-0.25, -0.2) is 4.39 Å². The zero-order valence-corrected chi connectivity index (χ0v) is 18.6. The Bertz CT molecular complexity index is 1110. The number of Topliss-reactive ketones (excluding diaryl/α,β-unsaturated/α-hetero) is 1. The Labute approximate surface area is 190 Å². The average Bonchev–Trinajstić information content (AvgIpc) is 3.40. The summed E-state index contributed by atoms with van der Waals surface area (Å²) in [5.74, 6) is -1.25. The molecule has 2 fully saturated rings. The van der Waals surface area contributed by atoms with Crippen molar-refractivity contribution in [1.82, 2.24) is 15.2 Å². The van der Waals surface area contributed by atoms with Crippen LogP contribution in [0.1, 0.15) is 36.9 Å². The highest BCUT2D eigenvalue weighted by atomic mass is 19.1. The van der Waals surface area contributed by atoms with Gasteiger partial charge < -0.3 is 24.7 Å². The molecule has 1 aliphatic carbocycles. The molecule has 3 heterocycles. The standard InChI is InChI=1S/C24H28FN3O5/c1-32-21-9-13(25)8-16-17-10-28(7-6-18(17)26-22(16)21)24(31)15-5-3-2-4-14(15)23(30)27-19-11-33-12-20(19)29/h8-9,14-15,19,26H,2-7,10-12H2,1H3,(H,27,30)/t14-,15-,19?/m1/s1. The molecule has 1 unspecified atom stereocenters. The summed E-state index contributed by atoms with van der Waals surface area (Å²) < 4.78 is 24.6. The van der Waals surface area contributed by atoms with Crippen LogP contribution in [-0.2, 0) is 32.1 Å². The summed E-state index contributed by atoms with van der Waals surface area (Å²) in [7, 11) is 1.50. The molecule has 33 heavy (non-hydrogen) atoms. The molecule has 176 valence electrons. The van der Waals surface area contributed by atoms with Crippen molar-refractivity contribution in [2.75, 3.05) is 26.9 Å². The molecule has 2 N–H and O–H groups in total. The predicted molar refractivity (Wildman–Crippen MR) is 117 cm³/mol. The van der Waals surface area contributed by atoms with Crippen molar-refractivity contribution < 1.29 is 28.2 Å². The molecule has 0 radical (unpaired) electrons. The summed E-state index contributed by atoms with van der Waals surface area (Å²) in [5, 5.41) is 3.52. The third-order valence-corrected chi connectivity index (χ3v) is 7.20. The number of carbonyl (C=O) groups is 3. The van der Waals surface area contributed by atoms with Crippen LogP contribution in [0.25, 0.3) is 10.9 Å². The molecule has 9 heteroatoms. The third-order valence-electron chi connectivity index (χ3n) is 7.20. The van der Waals surface area contributed by atoms with Gasteiger partial charge in [0.05, 0.1) is 19.2 Å². The molecule has 1 saturated heterocycles. The number of halogens is 1. The van der Waals surface area contributed by atoms with Crippen molar-refractivity contribution >= 4 is 28.5 Å². The number of H-pyrrole nitrogens is 1. The maximum absolute atomic E-state index is 14.2. The first-order chi connectivity index (χ1) is 16.0. The number of aromatic nitrogens is 1.